The Morgan fingerprint density at radius 1 is 1.48 bits per heavy atom. The lowest BCUT2D eigenvalue weighted by atomic mass is 9.78. The minimum absolute atomic E-state index is 0. The van der Waals surface area contributed by atoms with E-state index in [1.54, 1.807) is 0 Å². The first-order valence-electron chi connectivity index (χ1n) is 7.57. The molecular formula is C15H26ClN3OS. The van der Waals surface area contributed by atoms with E-state index in [4.69, 9.17) is 5.73 Å². The standard InChI is InChI=1S/C15H25N3OS.ClH/c1-10(2)11-5-3-4-6-12(11)18-15(19)13-9-20-14(17-13)7-8-16;/h9-12H,3-8,16H2,1-2H3,(H,18,19);1H. The van der Waals surface area contributed by atoms with Gasteiger partial charge in [-0.15, -0.1) is 23.7 Å². The molecule has 0 spiro atoms. The maximum absolute atomic E-state index is 12.3. The summed E-state index contributed by atoms with van der Waals surface area (Å²) in [6.07, 6.45) is 5.55. The molecule has 1 aromatic rings. The summed E-state index contributed by atoms with van der Waals surface area (Å²) < 4.78 is 0. The molecule has 0 aliphatic heterocycles. The molecule has 120 valence electrons. The predicted octanol–water partition coefficient (Wildman–Crippen LogP) is 3.01. The van der Waals surface area contributed by atoms with Crippen molar-refractivity contribution in [1.29, 1.82) is 0 Å². The highest BCUT2D eigenvalue weighted by molar-refractivity contribution is 7.09. The molecule has 1 aromatic heterocycles. The predicted molar refractivity (Wildman–Crippen MR) is 90.2 cm³/mol. The first-order valence-corrected chi connectivity index (χ1v) is 8.45. The summed E-state index contributed by atoms with van der Waals surface area (Å²) in [5.74, 6) is 1.18. The molecule has 1 fully saturated rings. The van der Waals surface area contributed by atoms with Crippen molar-refractivity contribution < 1.29 is 4.79 Å². The topological polar surface area (TPSA) is 68.0 Å². The quantitative estimate of drug-likeness (QED) is 0.871. The molecule has 0 radical (unpaired) electrons. The van der Waals surface area contributed by atoms with Crippen molar-refractivity contribution >= 4 is 29.7 Å². The minimum Gasteiger partial charge on any atom is -0.348 e. The average Bonchev–Trinajstić information content (AvgIpc) is 2.88. The lowest BCUT2D eigenvalue weighted by Gasteiger charge is -2.34. The normalized spacial score (nSPS) is 21.9. The Morgan fingerprint density at radius 2 is 2.19 bits per heavy atom. The molecule has 2 unspecified atom stereocenters. The molecule has 2 atom stereocenters. The van der Waals surface area contributed by atoms with E-state index in [1.807, 2.05) is 5.38 Å². The second kappa shape index (κ2) is 8.71. The SMILES string of the molecule is CC(C)C1CCCCC1NC(=O)c1csc(CCN)n1.Cl. The fourth-order valence-corrected chi connectivity index (χ4v) is 3.83. The van der Waals surface area contributed by atoms with Gasteiger partial charge in [-0.05, 0) is 31.2 Å². The van der Waals surface area contributed by atoms with E-state index in [9.17, 15) is 4.79 Å². The molecule has 0 aromatic carbocycles. The molecule has 1 aliphatic carbocycles. The van der Waals surface area contributed by atoms with E-state index in [0.29, 0.717) is 30.1 Å². The van der Waals surface area contributed by atoms with Crippen LogP contribution in [0.25, 0.3) is 0 Å². The Bertz CT molecular complexity index is 450. The van der Waals surface area contributed by atoms with Crippen LogP contribution in [0.2, 0.25) is 0 Å². The highest BCUT2D eigenvalue weighted by Crippen LogP contribution is 2.30. The minimum atomic E-state index is -0.0259. The highest BCUT2D eigenvalue weighted by atomic mass is 35.5. The number of amides is 1. The van der Waals surface area contributed by atoms with Gasteiger partial charge in [0, 0.05) is 17.8 Å². The Morgan fingerprint density at radius 3 is 2.86 bits per heavy atom. The van der Waals surface area contributed by atoms with Gasteiger partial charge in [-0.1, -0.05) is 26.7 Å². The van der Waals surface area contributed by atoms with Gasteiger partial charge in [0.05, 0.1) is 5.01 Å². The van der Waals surface area contributed by atoms with Gasteiger partial charge < -0.3 is 11.1 Å². The van der Waals surface area contributed by atoms with E-state index in [2.05, 4.69) is 24.1 Å². The summed E-state index contributed by atoms with van der Waals surface area (Å²) in [5.41, 5.74) is 6.06. The van der Waals surface area contributed by atoms with Crippen LogP contribution in [-0.2, 0) is 6.42 Å². The van der Waals surface area contributed by atoms with Gasteiger partial charge in [0.15, 0.2) is 0 Å². The zero-order valence-corrected chi connectivity index (χ0v) is 14.4. The zero-order chi connectivity index (χ0) is 14.5. The lowest BCUT2D eigenvalue weighted by molar-refractivity contribution is 0.0884. The molecule has 0 saturated heterocycles. The lowest BCUT2D eigenvalue weighted by Crippen LogP contribution is -2.44. The van der Waals surface area contributed by atoms with Gasteiger partial charge in [-0.3, -0.25) is 4.79 Å². The largest absolute Gasteiger partial charge is 0.348 e. The third kappa shape index (κ3) is 4.94. The second-order valence-electron chi connectivity index (χ2n) is 5.94. The number of carbonyl (C=O) groups is 1. The van der Waals surface area contributed by atoms with Crippen molar-refractivity contribution in [3.8, 4) is 0 Å². The van der Waals surface area contributed by atoms with Gasteiger partial charge >= 0.3 is 0 Å². The van der Waals surface area contributed by atoms with E-state index in [1.165, 1.54) is 30.6 Å². The third-order valence-electron chi connectivity index (χ3n) is 4.13. The fraction of sp³-hybridized carbons (Fsp3) is 0.733. The number of nitrogens with two attached hydrogens (primary N) is 1. The summed E-state index contributed by atoms with van der Waals surface area (Å²) in [6.45, 7) is 5.07. The Labute approximate surface area is 137 Å². The van der Waals surface area contributed by atoms with E-state index < -0.39 is 0 Å². The van der Waals surface area contributed by atoms with Gasteiger partial charge in [0.25, 0.3) is 5.91 Å². The van der Waals surface area contributed by atoms with Crippen LogP contribution in [0.15, 0.2) is 5.38 Å². The van der Waals surface area contributed by atoms with Crippen LogP contribution in [0.4, 0.5) is 0 Å². The van der Waals surface area contributed by atoms with Gasteiger partial charge in [0.1, 0.15) is 5.69 Å². The monoisotopic (exact) mass is 331 g/mol. The van der Waals surface area contributed by atoms with Crippen molar-refractivity contribution in [2.45, 2.75) is 52.0 Å². The van der Waals surface area contributed by atoms with Gasteiger partial charge in [-0.2, -0.15) is 0 Å². The number of nitrogens with one attached hydrogen (secondary N) is 1. The number of nitrogens with zero attached hydrogens (tertiary/aromatic N) is 1. The summed E-state index contributed by atoms with van der Waals surface area (Å²) in [6, 6.07) is 0.302. The first kappa shape index (κ1) is 18.4. The number of thiazole rings is 1. The van der Waals surface area contributed by atoms with E-state index in [0.717, 1.165) is 17.8 Å². The fourth-order valence-electron chi connectivity index (χ4n) is 3.03. The van der Waals surface area contributed by atoms with Crippen LogP contribution in [0, 0.1) is 11.8 Å². The van der Waals surface area contributed by atoms with Crippen LogP contribution in [0.3, 0.4) is 0 Å². The van der Waals surface area contributed by atoms with Gasteiger partial charge in [0.2, 0.25) is 0 Å². The summed E-state index contributed by atoms with van der Waals surface area (Å²) in [5, 5.41) is 5.98. The molecule has 1 amide bonds. The summed E-state index contributed by atoms with van der Waals surface area (Å²) >= 11 is 1.52. The molecule has 1 saturated carbocycles. The van der Waals surface area contributed by atoms with Crippen LogP contribution in [0.5, 0.6) is 0 Å². The average molecular weight is 332 g/mol. The van der Waals surface area contributed by atoms with E-state index in [-0.39, 0.29) is 18.3 Å². The second-order valence-corrected chi connectivity index (χ2v) is 6.88. The number of halogens is 1. The molecule has 21 heavy (non-hydrogen) atoms. The molecule has 1 heterocycles. The number of hydrogen-bond acceptors (Lipinski definition) is 4. The maximum Gasteiger partial charge on any atom is 0.270 e. The molecule has 0 bridgehead atoms. The van der Waals surface area contributed by atoms with Gasteiger partial charge in [-0.25, -0.2) is 4.98 Å². The van der Waals surface area contributed by atoms with Crippen LogP contribution >= 0.6 is 23.7 Å². The van der Waals surface area contributed by atoms with Crippen molar-refractivity contribution in [2.24, 2.45) is 17.6 Å². The zero-order valence-electron chi connectivity index (χ0n) is 12.8. The molecule has 2 rings (SSSR count). The summed E-state index contributed by atoms with van der Waals surface area (Å²) in [7, 11) is 0. The van der Waals surface area contributed by atoms with Crippen molar-refractivity contribution in [1.82, 2.24) is 10.3 Å². The third-order valence-corrected chi connectivity index (χ3v) is 5.04. The Kier molecular flexibility index (Phi) is 7.63. The number of hydrogen-bond donors (Lipinski definition) is 2. The summed E-state index contributed by atoms with van der Waals surface area (Å²) in [4.78, 5) is 16.7. The highest BCUT2D eigenvalue weighted by Gasteiger charge is 2.29. The van der Waals surface area contributed by atoms with Crippen molar-refractivity contribution in [3.05, 3.63) is 16.1 Å². The molecular weight excluding hydrogens is 306 g/mol. The number of aromatic nitrogens is 1. The Balaban J connectivity index is 0.00000220. The Hall–Kier alpha value is -0.650. The van der Waals surface area contributed by atoms with Crippen LogP contribution in [0.1, 0.15) is 55.0 Å². The molecule has 4 nitrogen and oxygen atoms in total. The van der Waals surface area contributed by atoms with Crippen LogP contribution < -0.4 is 11.1 Å². The van der Waals surface area contributed by atoms with Crippen LogP contribution in [-0.4, -0.2) is 23.5 Å². The maximum atomic E-state index is 12.3. The van der Waals surface area contributed by atoms with Crippen molar-refractivity contribution in [3.63, 3.8) is 0 Å². The van der Waals surface area contributed by atoms with Crippen molar-refractivity contribution in [2.75, 3.05) is 6.54 Å². The molecule has 3 N–H and O–H groups in total. The molecule has 6 heteroatoms. The number of rotatable bonds is 5. The molecule has 1 aliphatic rings. The number of carbonyl (C=O) groups excluding carboxylic acids is 1. The smallest absolute Gasteiger partial charge is 0.270 e. The first-order chi connectivity index (χ1) is 9.61. The van der Waals surface area contributed by atoms with E-state index >= 15 is 0 Å².